The minimum Gasteiger partial charge on any atom is -0.407 e. The Hall–Kier alpha value is -1.65. The summed E-state index contributed by atoms with van der Waals surface area (Å²) in [5, 5.41) is 0. The Bertz CT molecular complexity index is 387. The van der Waals surface area contributed by atoms with Gasteiger partial charge in [-0.25, -0.2) is 4.79 Å². The van der Waals surface area contributed by atoms with Crippen molar-refractivity contribution in [1.29, 1.82) is 0 Å². The van der Waals surface area contributed by atoms with E-state index in [1.807, 2.05) is 6.07 Å². The first kappa shape index (κ1) is 13.4. The highest BCUT2D eigenvalue weighted by atomic mass is 16.8. The maximum Gasteiger partial charge on any atom is 0.342 e. The van der Waals surface area contributed by atoms with Gasteiger partial charge in [0.25, 0.3) is 0 Å². The molecule has 1 rings (SSSR count). The van der Waals surface area contributed by atoms with Gasteiger partial charge in [0.1, 0.15) is 0 Å². The quantitative estimate of drug-likeness (QED) is 0.562. The minimum atomic E-state index is -0.972. The van der Waals surface area contributed by atoms with Crippen molar-refractivity contribution in [3.05, 3.63) is 42.0 Å². The normalized spacial score (nSPS) is 11.9. The van der Waals surface area contributed by atoms with Crippen molar-refractivity contribution in [1.82, 2.24) is 0 Å². The van der Waals surface area contributed by atoms with Crippen molar-refractivity contribution in [3.63, 3.8) is 0 Å². The molecule has 92 valence electrons. The fourth-order valence-electron chi connectivity index (χ4n) is 1.23. The Morgan fingerprint density at radius 1 is 1.53 bits per heavy atom. The summed E-state index contributed by atoms with van der Waals surface area (Å²) in [7, 11) is 1.41. The Kier molecular flexibility index (Phi) is 5.39. The van der Waals surface area contributed by atoms with Crippen LogP contribution in [0.1, 0.15) is 22.8 Å². The molecule has 4 nitrogen and oxygen atoms in total. The molecular weight excluding hydrogens is 220 g/mol. The number of methoxy groups -OCH3 is 1. The van der Waals surface area contributed by atoms with Crippen molar-refractivity contribution in [2.24, 2.45) is 0 Å². The molecule has 0 aliphatic rings. The molecule has 0 amide bonds. The summed E-state index contributed by atoms with van der Waals surface area (Å²) in [5.74, 6) is -0.492. The first-order valence-corrected chi connectivity index (χ1v) is 5.29. The van der Waals surface area contributed by atoms with Crippen molar-refractivity contribution in [2.75, 3.05) is 13.7 Å². The molecule has 0 bridgehead atoms. The maximum atomic E-state index is 11.7. The maximum absolute atomic E-state index is 11.7. The van der Waals surface area contributed by atoms with Crippen molar-refractivity contribution < 1.29 is 19.0 Å². The van der Waals surface area contributed by atoms with Gasteiger partial charge in [-0.2, -0.15) is 0 Å². The second-order valence-corrected chi connectivity index (χ2v) is 3.21. The molecule has 0 radical (unpaired) electrons. The van der Waals surface area contributed by atoms with Crippen LogP contribution < -0.4 is 0 Å². The fourth-order valence-corrected chi connectivity index (χ4v) is 1.23. The molecule has 0 N–H and O–H groups in total. The zero-order chi connectivity index (χ0) is 12.7. The predicted octanol–water partition coefficient (Wildman–Crippen LogP) is 2.45. The highest BCUT2D eigenvalue weighted by molar-refractivity contribution is 5.90. The van der Waals surface area contributed by atoms with Gasteiger partial charge in [-0.1, -0.05) is 24.8 Å². The van der Waals surface area contributed by atoms with E-state index in [2.05, 4.69) is 6.58 Å². The number of carbonyl (C=O) groups is 1. The molecule has 0 spiro atoms. The zero-order valence-corrected chi connectivity index (χ0v) is 10.0. The highest BCUT2D eigenvalue weighted by Gasteiger charge is 2.15. The summed E-state index contributed by atoms with van der Waals surface area (Å²) in [5.41, 5.74) is 1.29. The van der Waals surface area contributed by atoms with Crippen molar-refractivity contribution >= 4 is 12.0 Å². The molecule has 0 aliphatic carbocycles. The first-order valence-electron chi connectivity index (χ1n) is 5.29. The molecule has 4 heteroatoms. The van der Waals surface area contributed by atoms with Crippen LogP contribution in [0.25, 0.3) is 6.08 Å². The van der Waals surface area contributed by atoms with Crippen LogP contribution in [0.2, 0.25) is 0 Å². The third kappa shape index (κ3) is 4.01. The molecular formula is C13H16O4. The van der Waals surface area contributed by atoms with Crippen molar-refractivity contribution in [2.45, 2.75) is 13.4 Å². The number of hydrogen-bond acceptors (Lipinski definition) is 4. The van der Waals surface area contributed by atoms with E-state index in [0.717, 1.165) is 5.56 Å². The van der Waals surface area contributed by atoms with Crippen LogP contribution in [0.3, 0.4) is 0 Å². The molecule has 17 heavy (non-hydrogen) atoms. The average Bonchev–Trinajstić information content (AvgIpc) is 2.38. The monoisotopic (exact) mass is 236 g/mol. The molecule has 0 aromatic heterocycles. The van der Waals surface area contributed by atoms with E-state index < -0.39 is 12.4 Å². The SMILES string of the molecule is C=Cc1cccc(C(=O)OC(OC)OCC)c1. The number of carbonyl (C=O) groups excluding carboxylic acids is 1. The van der Waals surface area contributed by atoms with E-state index in [0.29, 0.717) is 12.2 Å². The van der Waals surface area contributed by atoms with Gasteiger partial charge in [-0.05, 0) is 24.6 Å². The summed E-state index contributed by atoms with van der Waals surface area (Å²) in [4.78, 5) is 11.7. The van der Waals surface area contributed by atoms with Crippen LogP contribution in [-0.4, -0.2) is 26.2 Å². The van der Waals surface area contributed by atoms with Gasteiger partial charge in [0, 0.05) is 7.11 Å². The van der Waals surface area contributed by atoms with E-state index in [1.54, 1.807) is 31.2 Å². The lowest BCUT2D eigenvalue weighted by atomic mass is 10.1. The van der Waals surface area contributed by atoms with Gasteiger partial charge < -0.3 is 14.2 Å². The van der Waals surface area contributed by atoms with E-state index in [-0.39, 0.29) is 0 Å². The van der Waals surface area contributed by atoms with E-state index in [1.165, 1.54) is 7.11 Å². The third-order valence-electron chi connectivity index (χ3n) is 2.06. The number of benzene rings is 1. The lowest BCUT2D eigenvalue weighted by Gasteiger charge is -2.15. The summed E-state index contributed by atoms with van der Waals surface area (Å²) in [6, 6.07) is 6.96. The first-order chi connectivity index (χ1) is 8.21. The molecule has 1 aromatic carbocycles. The molecule has 0 heterocycles. The zero-order valence-electron chi connectivity index (χ0n) is 10.0. The smallest absolute Gasteiger partial charge is 0.342 e. The predicted molar refractivity (Wildman–Crippen MR) is 64.4 cm³/mol. The average molecular weight is 236 g/mol. The van der Waals surface area contributed by atoms with Crippen LogP contribution >= 0.6 is 0 Å². The number of ether oxygens (including phenoxy) is 3. The third-order valence-corrected chi connectivity index (χ3v) is 2.06. The molecule has 0 fully saturated rings. The fraction of sp³-hybridized carbons (Fsp3) is 0.308. The van der Waals surface area contributed by atoms with E-state index in [9.17, 15) is 4.79 Å². The Labute approximate surface area is 101 Å². The molecule has 0 saturated carbocycles. The molecule has 1 atom stereocenters. The van der Waals surface area contributed by atoms with Crippen LogP contribution in [0, 0.1) is 0 Å². The lowest BCUT2D eigenvalue weighted by Crippen LogP contribution is -2.23. The van der Waals surface area contributed by atoms with E-state index >= 15 is 0 Å². The largest absolute Gasteiger partial charge is 0.407 e. The van der Waals surface area contributed by atoms with Crippen molar-refractivity contribution in [3.8, 4) is 0 Å². The standard InChI is InChI=1S/C13H16O4/c1-4-10-7-6-8-11(9-10)12(14)17-13(15-3)16-5-2/h4,6-9,13H,1,5H2,2-3H3. The van der Waals surface area contributed by atoms with Gasteiger partial charge in [-0.3, -0.25) is 0 Å². The van der Waals surface area contributed by atoms with Gasteiger partial charge >= 0.3 is 12.4 Å². The molecule has 0 aliphatic heterocycles. The van der Waals surface area contributed by atoms with Gasteiger partial charge in [0.05, 0.1) is 12.2 Å². The van der Waals surface area contributed by atoms with Gasteiger partial charge in [0.2, 0.25) is 0 Å². The summed E-state index contributed by atoms with van der Waals surface area (Å²) in [6.45, 7) is 4.86. The summed E-state index contributed by atoms with van der Waals surface area (Å²) >= 11 is 0. The molecule has 1 unspecified atom stereocenters. The Morgan fingerprint density at radius 3 is 2.88 bits per heavy atom. The number of hydrogen-bond donors (Lipinski definition) is 0. The number of esters is 1. The Balaban J connectivity index is 2.71. The molecule has 0 saturated heterocycles. The topological polar surface area (TPSA) is 44.8 Å². The van der Waals surface area contributed by atoms with Gasteiger partial charge in [0.15, 0.2) is 0 Å². The minimum absolute atomic E-state index is 0.401. The number of rotatable bonds is 6. The second kappa shape index (κ2) is 6.83. The highest BCUT2D eigenvalue weighted by Crippen LogP contribution is 2.09. The molecule has 1 aromatic rings. The van der Waals surface area contributed by atoms with E-state index in [4.69, 9.17) is 14.2 Å². The van der Waals surface area contributed by atoms with Crippen LogP contribution in [0.4, 0.5) is 0 Å². The van der Waals surface area contributed by atoms with Crippen LogP contribution in [-0.2, 0) is 14.2 Å². The van der Waals surface area contributed by atoms with Gasteiger partial charge in [-0.15, -0.1) is 0 Å². The Morgan fingerprint density at radius 2 is 2.29 bits per heavy atom. The van der Waals surface area contributed by atoms with Crippen LogP contribution in [0.15, 0.2) is 30.8 Å². The second-order valence-electron chi connectivity index (χ2n) is 3.21. The lowest BCUT2D eigenvalue weighted by molar-refractivity contribution is -0.246. The summed E-state index contributed by atoms with van der Waals surface area (Å²) < 4.78 is 14.9. The summed E-state index contributed by atoms with van der Waals surface area (Å²) in [6.07, 6.45) is 1.66. The van der Waals surface area contributed by atoms with Crippen LogP contribution in [0.5, 0.6) is 0 Å².